The van der Waals surface area contributed by atoms with E-state index < -0.39 is 23.8 Å². The van der Waals surface area contributed by atoms with Crippen LogP contribution in [0.15, 0.2) is 47.5 Å². The number of carbonyl (C=O) groups is 2. The molecule has 1 aromatic heterocycles. The number of alkyl halides is 2. The Kier molecular flexibility index (Phi) is 8.83. The Balaban J connectivity index is 1.21. The molecule has 2 aromatic carbocycles. The van der Waals surface area contributed by atoms with Crippen LogP contribution in [-0.4, -0.2) is 101 Å². The van der Waals surface area contributed by atoms with Gasteiger partial charge in [0.15, 0.2) is 0 Å². The quantitative estimate of drug-likeness (QED) is 0.374. The molecule has 1 unspecified atom stereocenters. The van der Waals surface area contributed by atoms with Crippen LogP contribution in [0.3, 0.4) is 0 Å². The Labute approximate surface area is 271 Å². The highest BCUT2D eigenvalue weighted by Gasteiger charge is 2.54. The minimum absolute atomic E-state index is 0.0547. The minimum atomic E-state index is -3.10. The van der Waals surface area contributed by atoms with Crippen LogP contribution in [0.4, 0.5) is 25.0 Å². The second-order valence-electron chi connectivity index (χ2n) is 13.5. The summed E-state index contributed by atoms with van der Waals surface area (Å²) in [6.45, 7) is 6.81. The zero-order valence-electron chi connectivity index (χ0n) is 27.1. The molecule has 12 nitrogen and oxygen atoms in total. The number of nitrogens with zero attached hydrogens (tertiary/aromatic N) is 5. The third kappa shape index (κ3) is 7.18. The summed E-state index contributed by atoms with van der Waals surface area (Å²) in [6, 6.07) is 9.55. The zero-order valence-corrected chi connectivity index (χ0v) is 27.1. The van der Waals surface area contributed by atoms with Crippen LogP contribution in [0.25, 0.3) is 16.6 Å². The fourth-order valence-corrected chi connectivity index (χ4v) is 6.32. The number of carbonyl (C=O) groups excluding carboxylic acids is 2. The first-order valence-electron chi connectivity index (χ1n) is 15.9. The smallest absolute Gasteiger partial charge is 0.407 e. The topological polar surface area (TPSA) is 121 Å². The van der Waals surface area contributed by atoms with Gasteiger partial charge in [0.2, 0.25) is 5.91 Å². The molecule has 6 rings (SSSR count). The lowest BCUT2D eigenvalue weighted by molar-refractivity contribution is -0.123. The van der Waals surface area contributed by atoms with Crippen molar-refractivity contribution >= 4 is 34.3 Å². The van der Waals surface area contributed by atoms with Crippen molar-refractivity contribution in [3.05, 3.63) is 53.1 Å². The number of halogens is 2. The summed E-state index contributed by atoms with van der Waals surface area (Å²) >= 11 is 0. The van der Waals surface area contributed by atoms with E-state index in [4.69, 9.17) is 9.47 Å². The summed E-state index contributed by atoms with van der Waals surface area (Å²) in [7, 11) is 2.04. The molecule has 252 valence electrons. The van der Waals surface area contributed by atoms with Gasteiger partial charge in [-0.2, -0.15) is 8.78 Å². The second kappa shape index (κ2) is 12.7. The lowest BCUT2D eigenvalue weighted by Crippen LogP contribution is -2.54. The highest BCUT2D eigenvalue weighted by molar-refractivity contribution is 6.01. The van der Waals surface area contributed by atoms with Gasteiger partial charge in [-0.3, -0.25) is 19.1 Å². The fraction of sp³-hybridized carbons (Fsp3) is 0.515. The fourth-order valence-electron chi connectivity index (χ4n) is 6.32. The molecule has 3 aromatic rings. The van der Waals surface area contributed by atoms with E-state index in [0.717, 1.165) is 38.3 Å². The van der Waals surface area contributed by atoms with Crippen LogP contribution in [0.1, 0.15) is 40.0 Å². The number of aromatic nitrogens is 2. The zero-order chi connectivity index (χ0) is 33.5. The molecule has 2 N–H and O–H groups in total. The summed E-state index contributed by atoms with van der Waals surface area (Å²) in [5.74, 6) is -0.469. The maximum Gasteiger partial charge on any atom is 0.407 e. The third-order valence-electron chi connectivity index (χ3n) is 8.98. The van der Waals surface area contributed by atoms with Gasteiger partial charge in [0.25, 0.3) is 5.56 Å². The average molecular weight is 654 g/mol. The summed E-state index contributed by atoms with van der Waals surface area (Å²) in [5.41, 5.74) is 0.123. The van der Waals surface area contributed by atoms with Crippen LogP contribution in [0, 0.1) is 0 Å². The molecule has 2 saturated heterocycles. The number of benzene rings is 2. The lowest BCUT2D eigenvalue weighted by atomic mass is 10.1. The van der Waals surface area contributed by atoms with Crippen LogP contribution < -0.4 is 25.8 Å². The summed E-state index contributed by atoms with van der Waals surface area (Å²) in [4.78, 5) is 50.4. The number of alkyl carbamates (subject to hydrolysis) is 1. The van der Waals surface area contributed by atoms with E-state index in [1.165, 1.54) is 29.1 Å². The number of ether oxygens (including phenoxy) is 2. The summed E-state index contributed by atoms with van der Waals surface area (Å²) in [5, 5.41) is 6.11. The number of piperazine rings is 1. The highest BCUT2D eigenvalue weighted by atomic mass is 19.3. The third-order valence-corrected chi connectivity index (χ3v) is 8.98. The van der Waals surface area contributed by atoms with Crippen molar-refractivity contribution in [2.24, 2.45) is 0 Å². The van der Waals surface area contributed by atoms with Gasteiger partial charge >= 0.3 is 12.7 Å². The van der Waals surface area contributed by atoms with E-state index in [9.17, 15) is 23.2 Å². The van der Waals surface area contributed by atoms with Gasteiger partial charge < -0.3 is 29.9 Å². The molecule has 1 aliphatic carbocycles. The molecular weight excluding hydrogens is 612 g/mol. The van der Waals surface area contributed by atoms with E-state index in [1.54, 1.807) is 6.07 Å². The molecule has 0 bridgehead atoms. The Morgan fingerprint density at radius 1 is 1.02 bits per heavy atom. The number of hydrogen-bond acceptors (Lipinski definition) is 9. The number of amides is 2. The van der Waals surface area contributed by atoms with E-state index in [1.807, 2.05) is 40.0 Å². The predicted molar refractivity (Wildman–Crippen MR) is 174 cm³/mol. The van der Waals surface area contributed by atoms with E-state index in [2.05, 4.69) is 30.3 Å². The first kappa shape index (κ1) is 32.6. The van der Waals surface area contributed by atoms with Gasteiger partial charge in [0, 0.05) is 45.0 Å². The normalized spacial score (nSPS) is 20.0. The largest absolute Gasteiger partial charge is 0.444 e. The van der Waals surface area contributed by atoms with Crippen molar-refractivity contribution in [3.8, 4) is 11.4 Å². The molecule has 14 heteroatoms. The van der Waals surface area contributed by atoms with Gasteiger partial charge in [-0.25, -0.2) is 9.78 Å². The second-order valence-corrected chi connectivity index (χ2v) is 13.5. The Hall–Kier alpha value is -4.30. The Bertz CT molecular complexity index is 1710. The lowest BCUT2D eigenvalue weighted by Gasteiger charge is -2.37. The molecule has 47 heavy (non-hydrogen) atoms. The van der Waals surface area contributed by atoms with Crippen LogP contribution in [0.5, 0.6) is 5.75 Å². The SMILES string of the molecule is CN1CCN(C2(C(=O)Nc3cc(-n4cnc5cc(N6CCC(NC(=O)OC(C)(C)C)C6)ccc5c4=O)ccc3OC(F)F)CC2)CC1. The molecular formula is C33H41F2N7O5. The molecule has 1 saturated carbocycles. The Morgan fingerprint density at radius 2 is 1.74 bits per heavy atom. The van der Waals surface area contributed by atoms with Crippen molar-refractivity contribution in [1.29, 1.82) is 0 Å². The average Bonchev–Trinajstić information content (AvgIpc) is 3.69. The van der Waals surface area contributed by atoms with Gasteiger partial charge in [-0.15, -0.1) is 0 Å². The molecule has 3 fully saturated rings. The summed E-state index contributed by atoms with van der Waals surface area (Å²) in [6.07, 6.45) is 3.03. The predicted octanol–water partition coefficient (Wildman–Crippen LogP) is 3.81. The maximum absolute atomic E-state index is 13.6. The van der Waals surface area contributed by atoms with Crippen molar-refractivity contribution in [3.63, 3.8) is 0 Å². The monoisotopic (exact) mass is 653 g/mol. The standard InChI is InChI=1S/C33H41F2N7O5/c1-32(2,3)47-31(45)37-21-9-12-40(19-21)22-5-7-24-25(17-22)36-20-42(28(24)43)23-6-8-27(46-30(34)35)26(18-23)38-29(44)33(10-11-33)41-15-13-39(4)14-16-41/h5-8,17-18,20-21,30H,9-16,19H2,1-4H3,(H,37,45)(H,38,44). The number of hydrogen-bond donors (Lipinski definition) is 2. The molecule has 2 amide bonds. The Morgan fingerprint density at radius 3 is 2.43 bits per heavy atom. The number of nitrogens with one attached hydrogen (secondary N) is 2. The first-order valence-corrected chi connectivity index (χ1v) is 15.9. The minimum Gasteiger partial charge on any atom is -0.444 e. The first-order chi connectivity index (χ1) is 22.3. The van der Waals surface area contributed by atoms with Crippen molar-refractivity contribution < 1.29 is 27.8 Å². The van der Waals surface area contributed by atoms with Gasteiger partial charge in [-0.05, 0) is 83.5 Å². The molecule has 2 aliphatic heterocycles. The van der Waals surface area contributed by atoms with E-state index >= 15 is 0 Å². The van der Waals surface area contributed by atoms with Crippen molar-refractivity contribution in [1.82, 2.24) is 24.7 Å². The highest BCUT2D eigenvalue weighted by Crippen LogP contribution is 2.44. The van der Waals surface area contributed by atoms with Crippen LogP contribution in [-0.2, 0) is 9.53 Å². The van der Waals surface area contributed by atoms with E-state index in [-0.39, 0.29) is 28.9 Å². The number of fused-ring (bicyclic) bond motifs is 1. The number of anilines is 2. The molecule has 3 aliphatic rings. The number of likely N-dealkylation sites (N-methyl/N-ethyl adjacent to an activating group) is 1. The number of rotatable bonds is 8. The van der Waals surface area contributed by atoms with E-state index in [0.29, 0.717) is 42.5 Å². The van der Waals surface area contributed by atoms with Crippen LogP contribution in [0.2, 0.25) is 0 Å². The van der Waals surface area contributed by atoms with Crippen molar-refractivity contribution in [2.75, 3.05) is 56.5 Å². The molecule has 1 atom stereocenters. The summed E-state index contributed by atoms with van der Waals surface area (Å²) < 4.78 is 38.1. The van der Waals surface area contributed by atoms with Gasteiger partial charge in [0.05, 0.1) is 28.3 Å². The molecule has 3 heterocycles. The van der Waals surface area contributed by atoms with Crippen molar-refractivity contribution in [2.45, 2.75) is 63.8 Å². The maximum atomic E-state index is 13.6. The van der Waals surface area contributed by atoms with Crippen LogP contribution >= 0.6 is 0 Å². The molecule has 0 radical (unpaired) electrons. The van der Waals surface area contributed by atoms with Gasteiger partial charge in [0.1, 0.15) is 23.2 Å². The molecule has 0 spiro atoms. The van der Waals surface area contributed by atoms with Gasteiger partial charge in [-0.1, -0.05) is 0 Å².